The normalized spacial score (nSPS) is 16.5. The molecule has 0 aliphatic carbocycles. The summed E-state index contributed by atoms with van der Waals surface area (Å²) in [5.74, 6) is -1.41. The second kappa shape index (κ2) is 10.5. The molecule has 0 amide bonds. The summed E-state index contributed by atoms with van der Waals surface area (Å²) in [6, 6.07) is 8.68. The van der Waals surface area contributed by atoms with Gasteiger partial charge < -0.3 is 20.1 Å². The van der Waals surface area contributed by atoms with E-state index in [1.165, 1.54) is 11.3 Å². The molecule has 5 aromatic rings. The average Bonchev–Trinajstić information content (AvgIpc) is 3.45. The highest BCUT2D eigenvalue weighted by Gasteiger charge is 2.31. The zero-order valence-corrected chi connectivity index (χ0v) is 23.7. The molecule has 4 aromatic heterocycles. The van der Waals surface area contributed by atoms with Crippen molar-refractivity contribution >= 4 is 38.6 Å². The fraction of sp³-hybridized carbons (Fsp3) is 0.300. The van der Waals surface area contributed by atoms with Gasteiger partial charge in [-0.05, 0) is 42.7 Å². The van der Waals surface area contributed by atoms with Crippen LogP contribution in [0, 0.1) is 11.6 Å². The number of nitrogens with zero attached hydrogens (tertiary/aromatic N) is 5. The van der Waals surface area contributed by atoms with Gasteiger partial charge in [-0.25, -0.2) is 14.4 Å². The van der Waals surface area contributed by atoms with Gasteiger partial charge in [-0.3, -0.25) is 14.1 Å². The van der Waals surface area contributed by atoms with Crippen LogP contribution in [0.5, 0.6) is 11.6 Å². The van der Waals surface area contributed by atoms with Crippen LogP contribution < -0.4 is 25.5 Å². The Labute approximate surface area is 243 Å². The Morgan fingerprint density at radius 2 is 2.10 bits per heavy atom. The van der Waals surface area contributed by atoms with Gasteiger partial charge >= 0.3 is 0 Å². The number of pyridine rings is 3. The zero-order chi connectivity index (χ0) is 29.0. The van der Waals surface area contributed by atoms with Crippen molar-refractivity contribution in [2.45, 2.75) is 38.6 Å². The molecule has 2 N–H and O–H groups in total. The van der Waals surface area contributed by atoms with Crippen LogP contribution in [0.2, 0.25) is 0 Å². The van der Waals surface area contributed by atoms with Crippen LogP contribution in [0.3, 0.4) is 0 Å². The number of piperidine rings is 1. The van der Waals surface area contributed by atoms with Crippen molar-refractivity contribution in [3.63, 3.8) is 0 Å². The number of halogens is 2. The first kappa shape index (κ1) is 26.6. The predicted molar refractivity (Wildman–Crippen MR) is 157 cm³/mol. The molecule has 0 unspecified atom stereocenters. The van der Waals surface area contributed by atoms with Crippen molar-refractivity contribution in [2.75, 3.05) is 30.8 Å². The minimum atomic E-state index is -1.10. The number of thiazole rings is 1. The predicted octanol–water partition coefficient (Wildman–Crippen LogP) is 4.74. The van der Waals surface area contributed by atoms with Crippen LogP contribution >= 0.6 is 11.3 Å². The summed E-state index contributed by atoms with van der Waals surface area (Å²) in [4.78, 5) is 27.8. The van der Waals surface area contributed by atoms with E-state index < -0.39 is 11.6 Å². The molecule has 1 atom stereocenters. The molecule has 9 nitrogen and oxygen atoms in total. The van der Waals surface area contributed by atoms with Gasteiger partial charge in [0.25, 0.3) is 0 Å². The number of hydrogen-bond acceptors (Lipinski definition) is 9. The van der Waals surface area contributed by atoms with Gasteiger partial charge in [0, 0.05) is 55.4 Å². The van der Waals surface area contributed by atoms with Gasteiger partial charge in [0.05, 0.1) is 30.1 Å². The molecule has 42 heavy (non-hydrogen) atoms. The van der Waals surface area contributed by atoms with E-state index in [-0.39, 0.29) is 34.7 Å². The molecule has 1 fully saturated rings. The topological polar surface area (TPSA) is 98.2 Å². The Hall–Kier alpha value is -4.29. The van der Waals surface area contributed by atoms with Gasteiger partial charge in [-0.2, -0.15) is 4.39 Å². The third-order valence-electron chi connectivity index (χ3n) is 8.12. The number of nitrogens with two attached hydrogens (primary N) is 1. The molecular formula is C30H28F2N6O3S. The largest absolute Gasteiger partial charge is 0.482 e. The van der Waals surface area contributed by atoms with Crippen LogP contribution in [0.4, 0.5) is 20.3 Å². The van der Waals surface area contributed by atoms with Gasteiger partial charge in [-0.1, -0.05) is 0 Å². The molecule has 7 rings (SSSR count). The molecule has 6 heterocycles. The molecule has 12 heteroatoms. The van der Waals surface area contributed by atoms with Crippen molar-refractivity contribution in [2.24, 2.45) is 0 Å². The van der Waals surface area contributed by atoms with Crippen LogP contribution in [0.15, 0.2) is 52.9 Å². The first-order valence-corrected chi connectivity index (χ1v) is 14.6. The van der Waals surface area contributed by atoms with E-state index in [0.717, 1.165) is 48.9 Å². The van der Waals surface area contributed by atoms with E-state index >= 15 is 0 Å². The third-order valence-corrected chi connectivity index (χ3v) is 9.16. The standard InChI is InChI=1S/C30H28F2N6O3S/c1-40-25-9-17(6-7-34-25)12-37(19-3-2-8-36(13-19)18-4-5-24(33)35-11-18)14-22-28(39)21-10-23(31)26(32)29-27(21)38-20(15-41-29)16-42-30(22)38/h4-7,9-11,16,19H,2-3,8,12-15H2,1H3,(H2,33,35)/t19-/m0/s1. The average molecular weight is 591 g/mol. The van der Waals surface area contributed by atoms with Crippen LogP contribution in [0.25, 0.3) is 15.7 Å². The first-order chi connectivity index (χ1) is 20.4. The maximum absolute atomic E-state index is 14.7. The summed E-state index contributed by atoms with van der Waals surface area (Å²) >= 11 is 1.42. The fourth-order valence-electron chi connectivity index (χ4n) is 6.06. The lowest BCUT2D eigenvalue weighted by Crippen LogP contribution is -2.48. The number of hydrogen-bond donors (Lipinski definition) is 1. The second-order valence-electron chi connectivity index (χ2n) is 10.7. The van der Waals surface area contributed by atoms with E-state index in [1.807, 2.05) is 28.0 Å². The Morgan fingerprint density at radius 1 is 1.21 bits per heavy atom. The summed E-state index contributed by atoms with van der Waals surface area (Å²) in [7, 11) is 1.58. The highest BCUT2D eigenvalue weighted by Crippen LogP contribution is 2.38. The number of methoxy groups -OCH3 is 1. The van der Waals surface area contributed by atoms with Crippen LogP contribution in [-0.4, -0.2) is 45.5 Å². The van der Waals surface area contributed by atoms with Crippen molar-refractivity contribution in [3.8, 4) is 11.6 Å². The molecule has 2 aliphatic heterocycles. The number of ether oxygens (including phenoxy) is 2. The Kier molecular flexibility index (Phi) is 6.66. The minimum absolute atomic E-state index is 0.0850. The Morgan fingerprint density at radius 3 is 2.90 bits per heavy atom. The lowest BCUT2D eigenvalue weighted by Gasteiger charge is -2.40. The SMILES string of the molecule is COc1cc(CN(Cc2c(=O)c3cc(F)c(F)c4c3n3c(csc23)CO4)[C@H]2CCCN(c3ccc(N)nc3)C2)ccn1. The van der Waals surface area contributed by atoms with Crippen LogP contribution in [-0.2, 0) is 19.7 Å². The van der Waals surface area contributed by atoms with E-state index in [0.29, 0.717) is 35.2 Å². The molecule has 0 saturated carbocycles. The maximum Gasteiger partial charge on any atom is 0.213 e. The summed E-state index contributed by atoms with van der Waals surface area (Å²) in [6.45, 7) is 2.55. The van der Waals surface area contributed by atoms with Gasteiger partial charge in [0.15, 0.2) is 17.0 Å². The number of benzene rings is 1. The molecule has 216 valence electrons. The third kappa shape index (κ3) is 4.51. The summed E-state index contributed by atoms with van der Waals surface area (Å²) in [5, 5.41) is 2.02. The molecule has 2 aliphatic rings. The fourth-order valence-corrected chi connectivity index (χ4v) is 7.09. The van der Waals surface area contributed by atoms with E-state index in [9.17, 15) is 13.6 Å². The van der Waals surface area contributed by atoms with Crippen LogP contribution in [0.1, 0.15) is 29.7 Å². The monoisotopic (exact) mass is 590 g/mol. The highest BCUT2D eigenvalue weighted by atomic mass is 32.1. The van der Waals surface area contributed by atoms with Crippen molar-refractivity contribution in [3.05, 3.63) is 86.8 Å². The quantitative estimate of drug-likeness (QED) is 0.291. The summed E-state index contributed by atoms with van der Waals surface area (Å²) < 4.78 is 42.2. The zero-order valence-electron chi connectivity index (χ0n) is 22.8. The minimum Gasteiger partial charge on any atom is -0.482 e. The number of rotatable bonds is 7. The molecule has 1 aromatic carbocycles. The Balaban J connectivity index is 1.32. The molecule has 0 bridgehead atoms. The van der Waals surface area contributed by atoms with E-state index in [1.54, 1.807) is 25.6 Å². The van der Waals surface area contributed by atoms with Gasteiger partial charge in [-0.15, -0.1) is 11.3 Å². The highest BCUT2D eigenvalue weighted by molar-refractivity contribution is 7.15. The maximum atomic E-state index is 14.7. The van der Waals surface area contributed by atoms with Gasteiger partial charge in [0.1, 0.15) is 22.8 Å². The molecule has 0 radical (unpaired) electrons. The van der Waals surface area contributed by atoms with E-state index in [2.05, 4.69) is 19.8 Å². The number of nitrogen functional groups attached to an aromatic ring is 1. The van der Waals surface area contributed by atoms with E-state index in [4.69, 9.17) is 15.2 Å². The van der Waals surface area contributed by atoms with Crippen molar-refractivity contribution in [1.29, 1.82) is 0 Å². The summed E-state index contributed by atoms with van der Waals surface area (Å²) in [5.41, 5.74) is 9.10. The summed E-state index contributed by atoms with van der Waals surface area (Å²) in [6.07, 6.45) is 5.37. The number of aromatic nitrogens is 3. The number of anilines is 2. The molecular weight excluding hydrogens is 562 g/mol. The van der Waals surface area contributed by atoms with Crippen molar-refractivity contribution < 1.29 is 18.3 Å². The van der Waals surface area contributed by atoms with Crippen molar-refractivity contribution in [1.82, 2.24) is 19.3 Å². The lowest BCUT2D eigenvalue weighted by molar-refractivity contribution is 0.158. The molecule has 0 spiro atoms. The lowest BCUT2D eigenvalue weighted by atomic mass is 10.0. The Bertz CT molecular complexity index is 1880. The first-order valence-electron chi connectivity index (χ1n) is 13.7. The van der Waals surface area contributed by atoms with Gasteiger partial charge in [0.2, 0.25) is 11.7 Å². The second-order valence-corrected chi connectivity index (χ2v) is 11.5. The molecule has 1 saturated heterocycles. The smallest absolute Gasteiger partial charge is 0.213 e.